The molecule has 4 aromatic rings. The van der Waals surface area contributed by atoms with Crippen molar-refractivity contribution in [2.75, 3.05) is 5.32 Å². The molecule has 2 heterocycles. The van der Waals surface area contributed by atoms with Crippen LogP contribution in [0.4, 0.5) is 5.69 Å². The Bertz CT molecular complexity index is 1130. The number of nitrogens with zero attached hydrogens (tertiary/aromatic N) is 1. The zero-order valence-corrected chi connectivity index (χ0v) is 16.0. The zero-order valence-electron chi connectivity index (χ0n) is 14.5. The number of anilines is 1. The van der Waals surface area contributed by atoms with Crippen molar-refractivity contribution in [3.05, 3.63) is 87.7 Å². The zero-order chi connectivity index (χ0) is 19.0. The number of hydrogen-bond acceptors (Lipinski definition) is 2. The molecule has 0 unspecified atom stereocenters. The van der Waals surface area contributed by atoms with E-state index >= 15 is 0 Å². The second kappa shape index (κ2) is 7.14. The minimum atomic E-state index is -0.244. The van der Waals surface area contributed by atoms with Crippen molar-refractivity contribution in [2.45, 2.75) is 13.5 Å². The maximum absolute atomic E-state index is 12.9. The highest BCUT2D eigenvalue weighted by Crippen LogP contribution is 2.27. The molecule has 136 valence electrons. The van der Waals surface area contributed by atoms with Crippen LogP contribution in [0.2, 0.25) is 10.0 Å². The third-order valence-corrected chi connectivity index (χ3v) is 5.13. The predicted octanol–water partition coefficient (Wildman–Crippen LogP) is 6.15. The summed E-state index contributed by atoms with van der Waals surface area (Å²) in [5.74, 6) is -0.244. The molecular weight excluding hydrogens is 383 g/mol. The van der Waals surface area contributed by atoms with Gasteiger partial charge in [-0.25, -0.2) is 0 Å². The topological polar surface area (TPSA) is 47.2 Å². The molecule has 0 fully saturated rings. The lowest BCUT2D eigenvalue weighted by molar-refractivity contribution is 0.101. The molecule has 0 saturated carbocycles. The average Bonchev–Trinajstić information content (AvgIpc) is 3.23. The molecule has 27 heavy (non-hydrogen) atoms. The molecule has 0 atom stereocenters. The number of halogens is 2. The summed E-state index contributed by atoms with van der Waals surface area (Å²) in [6.07, 6.45) is 1.62. The summed E-state index contributed by atoms with van der Waals surface area (Å²) in [7, 11) is 0. The smallest absolute Gasteiger partial charge is 0.272 e. The Morgan fingerprint density at radius 2 is 1.81 bits per heavy atom. The van der Waals surface area contributed by atoms with Crippen LogP contribution in [0.1, 0.15) is 21.6 Å². The standard InChI is InChI=1S/C21H16Cl2N2O2/c1-13-2-4-14(5-3-13)12-25-18-8-9-27-20(18)11-19(25)21(26)24-15-6-7-16(22)17(23)10-15/h2-11H,12H2,1H3,(H,24,26). The van der Waals surface area contributed by atoms with E-state index in [1.165, 1.54) is 5.56 Å². The van der Waals surface area contributed by atoms with Gasteiger partial charge in [0.25, 0.3) is 5.91 Å². The van der Waals surface area contributed by atoms with Gasteiger partial charge < -0.3 is 14.3 Å². The molecule has 2 aromatic heterocycles. The number of fused-ring (bicyclic) bond motifs is 1. The highest BCUT2D eigenvalue weighted by molar-refractivity contribution is 6.42. The van der Waals surface area contributed by atoms with E-state index in [-0.39, 0.29) is 5.91 Å². The van der Waals surface area contributed by atoms with Crippen LogP contribution >= 0.6 is 23.2 Å². The first-order chi connectivity index (χ1) is 13.0. The highest BCUT2D eigenvalue weighted by atomic mass is 35.5. The number of furan rings is 1. The normalized spacial score (nSPS) is 11.1. The van der Waals surface area contributed by atoms with Crippen LogP contribution in [0.5, 0.6) is 0 Å². The van der Waals surface area contributed by atoms with Gasteiger partial charge in [0.1, 0.15) is 5.69 Å². The molecule has 0 radical (unpaired) electrons. The molecule has 0 saturated heterocycles. The summed E-state index contributed by atoms with van der Waals surface area (Å²) in [6.45, 7) is 2.61. The van der Waals surface area contributed by atoms with E-state index in [0.717, 1.165) is 11.1 Å². The van der Waals surface area contributed by atoms with Crippen LogP contribution in [-0.2, 0) is 6.54 Å². The first-order valence-corrected chi connectivity index (χ1v) is 9.15. The lowest BCUT2D eigenvalue weighted by Gasteiger charge is -2.11. The number of rotatable bonds is 4. The summed E-state index contributed by atoms with van der Waals surface area (Å²) in [6, 6.07) is 16.8. The van der Waals surface area contributed by atoms with E-state index in [1.54, 1.807) is 30.5 Å². The van der Waals surface area contributed by atoms with Crippen molar-refractivity contribution in [3.8, 4) is 0 Å². The summed E-state index contributed by atoms with van der Waals surface area (Å²) in [5, 5.41) is 3.69. The van der Waals surface area contributed by atoms with Gasteiger partial charge in [0.15, 0.2) is 5.58 Å². The number of amides is 1. The van der Waals surface area contributed by atoms with Gasteiger partial charge in [-0.2, -0.15) is 0 Å². The summed E-state index contributed by atoms with van der Waals surface area (Å²) in [5.41, 5.74) is 4.92. The van der Waals surface area contributed by atoms with E-state index in [0.29, 0.717) is 33.6 Å². The second-order valence-corrected chi connectivity index (χ2v) is 7.17. The van der Waals surface area contributed by atoms with Crippen molar-refractivity contribution in [2.24, 2.45) is 0 Å². The van der Waals surface area contributed by atoms with Crippen molar-refractivity contribution in [1.82, 2.24) is 4.57 Å². The predicted molar refractivity (Wildman–Crippen MR) is 109 cm³/mol. The third-order valence-electron chi connectivity index (χ3n) is 4.39. The third kappa shape index (κ3) is 3.59. The Kier molecular flexibility index (Phi) is 4.68. The number of nitrogens with one attached hydrogen (secondary N) is 1. The van der Waals surface area contributed by atoms with Crippen molar-refractivity contribution in [1.29, 1.82) is 0 Å². The Morgan fingerprint density at radius 3 is 2.56 bits per heavy atom. The van der Waals surface area contributed by atoms with Crippen LogP contribution < -0.4 is 5.32 Å². The van der Waals surface area contributed by atoms with E-state index in [9.17, 15) is 4.79 Å². The summed E-state index contributed by atoms with van der Waals surface area (Å²) < 4.78 is 7.43. The van der Waals surface area contributed by atoms with Crippen LogP contribution in [0.25, 0.3) is 11.1 Å². The molecule has 1 amide bonds. The lowest BCUT2D eigenvalue weighted by Crippen LogP contribution is -2.17. The lowest BCUT2D eigenvalue weighted by atomic mass is 10.1. The van der Waals surface area contributed by atoms with Crippen molar-refractivity contribution >= 4 is 45.9 Å². The molecular formula is C21H16Cl2N2O2. The van der Waals surface area contributed by atoms with Gasteiger partial charge in [-0.3, -0.25) is 4.79 Å². The molecule has 0 aliphatic rings. The minimum Gasteiger partial charge on any atom is -0.463 e. The largest absolute Gasteiger partial charge is 0.463 e. The fraction of sp³-hybridized carbons (Fsp3) is 0.0952. The van der Waals surface area contributed by atoms with Crippen LogP contribution in [0, 0.1) is 6.92 Å². The monoisotopic (exact) mass is 398 g/mol. The average molecular weight is 399 g/mol. The number of carbonyl (C=O) groups excluding carboxylic acids is 1. The van der Waals surface area contributed by atoms with Gasteiger partial charge in [-0.15, -0.1) is 0 Å². The van der Waals surface area contributed by atoms with E-state index in [2.05, 4.69) is 29.6 Å². The van der Waals surface area contributed by atoms with E-state index in [4.69, 9.17) is 27.6 Å². The maximum Gasteiger partial charge on any atom is 0.272 e. The molecule has 1 N–H and O–H groups in total. The molecule has 0 bridgehead atoms. The number of hydrogen-bond donors (Lipinski definition) is 1. The first-order valence-electron chi connectivity index (χ1n) is 8.40. The molecule has 2 aromatic carbocycles. The van der Waals surface area contributed by atoms with Crippen LogP contribution in [0.15, 0.2) is 65.3 Å². The Balaban J connectivity index is 1.68. The van der Waals surface area contributed by atoms with Crippen molar-refractivity contribution in [3.63, 3.8) is 0 Å². The Labute approximate surface area is 166 Å². The van der Waals surface area contributed by atoms with Gasteiger partial charge in [0.2, 0.25) is 0 Å². The first kappa shape index (κ1) is 17.7. The number of aromatic nitrogens is 1. The maximum atomic E-state index is 12.9. The Morgan fingerprint density at radius 1 is 1.04 bits per heavy atom. The molecule has 0 spiro atoms. The number of carbonyl (C=O) groups is 1. The molecule has 0 aliphatic carbocycles. The summed E-state index contributed by atoms with van der Waals surface area (Å²) in [4.78, 5) is 12.9. The fourth-order valence-electron chi connectivity index (χ4n) is 2.98. The molecule has 4 nitrogen and oxygen atoms in total. The van der Waals surface area contributed by atoms with E-state index < -0.39 is 0 Å². The van der Waals surface area contributed by atoms with Gasteiger partial charge in [0.05, 0.1) is 21.8 Å². The highest BCUT2D eigenvalue weighted by Gasteiger charge is 2.18. The van der Waals surface area contributed by atoms with Gasteiger partial charge >= 0.3 is 0 Å². The quantitative estimate of drug-likeness (QED) is 0.447. The molecule has 6 heteroatoms. The molecule has 0 aliphatic heterocycles. The summed E-state index contributed by atoms with van der Waals surface area (Å²) >= 11 is 12.0. The SMILES string of the molecule is Cc1ccc(Cn2c(C(=O)Nc3ccc(Cl)c(Cl)c3)cc3occc32)cc1. The van der Waals surface area contributed by atoms with Crippen LogP contribution in [0.3, 0.4) is 0 Å². The Hall–Kier alpha value is -2.69. The molecule has 4 rings (SSSR count). The number of benzene rings is 2. The van der Waals surface area contributed by atoms with Crippen LogP contribution in [-0.4, -0.2) is 10.5 Å². The number of aryl methyl sites for hydroxylation is 1. The van der Waals surface area contributed by atoms with Crippen molar-refractivity contribution < 1.29 is 9.21 Å². The second-order valence-electron chi connectivity index (χ2n) is 6.35. The van der Waals surface area contributed by atoms with Gasteiger partial charge in [0, 0.05) is 24.4 Å². The fourth-order valence-corrected chi connectivity index (χ4v) is 3.28. The van der Waals surface area contributed by atoms with Gasteiger partial charge in [-0.1, -0.05) is 53.0 Å². The minimum absolute atomic E-state index is 0.244. The van der Waals surface area contributed by atoms with E-state index in [1.807, 2.05) is 17.6 Å². The van der Waals surface area contributed by atoms with Gasteiger partial charge in [-0.05, 0) is 30.7 Å².